The number of hydrogen-bond donors (Lipinski definition) is 3. The molecule has 1 aromatic rings. The third-order valence-electron chi connectivity index (χ3n) is 4.05. The summed E-state index contributed by atoms with van der Waals surface area (Å²) in [6.45, 7) is 3.67. The molecule has 1 atom stereocenters. The Hall–Kier alpha value is -1.99. The molecule has 1 unspecified atom stereocenters. The second-order valence-corrected chi connectivity index (χ2v) is 5.95. The third-order valence-corrected chi connectivity index (χ3v) is 4.05. The van der Waals surface area contributed by atoms with Gasteiger partial charge in [-0.15, -0.1) is 12.4 Å². The number of ether oxygens (including phenoxy) is 2. The lowest BCUT2D eigenvalue weighted by Crippen LogP contribution is -2.46. The van der Waals surface area contributed by atoms with Crippen molar-refractivity contribution < 1.29 is 19.1 Å². The number of rotatable bonds is 8. The van der Waals surface area contributed by atoms with Gasteiger partial charge in [-0.1, -0.05) is 12.5 Å². The molecular formula is C18H28ClN3O4. The largest absolute Gasteiger partial charge is 0.493 e. The third kappa shape index (κ3) is 6.72. The standard InChI is InChI=1S/C18H27N3O4.ClH/c1-3-19-17(22)12-25-15-8-7-13(10-16(15)24-2)11-21-18(23)14-6-4-5-9-20-14;/h7-8,10,14,20H,3-6,9,11-12H2,1-2H3,(H,19,22)(H,21,23);1H. The van der Waals surface area contributed by atoms with Crippen LogP contribution in [-0.4, -0.2) is 44.7 Å². The molecule has 7 nitrogen and oxygen atoms in total. The number of amides is 2. The predicted octanol–water partition coefficient (Wildman–Crippen LogP) is 1.39. The van der Waals surface area contributed by atoms with E-state index in [4.69, 9.17) is 9.47 Å². The van der Waals surface area contributed by atoms with Crippen LogP contribution in [0.2, 0.25) is 0 Å². The van der Waals surface area contributed by atoms with Gasteiger partial charge in [0.2, 0.25) is 5.91 Å². The van der Waals surface area contributed by atoms with E-state index in [1.165, 1.54) is 0 Å². The van der Waals surface area contributed by atoms with E-state index < -0.39 is 0 Å². The van der Waals surface area contributed by atoms with E-state index in [0.29, 0.717) is 24.6 Å². The van der Waals surface area contributed by atoms with Gasteiger partial charge in [-0.05, 0) is 44.0 Å². The highest BCUT2D eigenvalue weighted by atomic mass is 35.5. The number of likely N-dealkylation sites (N-methyl/N-ethyl adjacent to an activating group) is 1. The summed E-state index contributed by atoms with van der Waals surface area (Å²) in [7, 11) is 1.54. The van der Waals surface area contributed by atoms with Gasteiger partial charge in [-0.25, -0.2) is 0 Å². The van der Waals surface area contributed by atoms with Crippen LogP contribution in [0.5, 0.6) is 11.5 Å². The number of halogens is 1. The molecule has 3 N–H and O–H groups in total. The zero-order valence-corrected chi connectivity index (χ0v) is 16.1. The summed E-state index contributed by atoms with van der Waals surface area (Å²) >= 11 is 0. The van der Waals surface area contributed by atoms with Crippen molar-refractivity contribution in [2.45, 2.75) is 38.8 Å². The fraction of sp³-hybridized carbons (Fsp3) is 0.556. The van der Waals surface area contributed by atoms with Crippen LogP contribution >= 0.6 is 12.4 Å². The molecular weight excluding hydrogens is 358 g/mol. The maximum atomic E-state index is 12.2. The van der Waals surface area contributed by atoms with Crippen LogP contribution < -0.4 is 25.4 Å². The molecule has 0 spiro atoms. The molecule has 0 aliphatic carbocycles. The first-order chi connectivity index (χ1) is 12.1. The van der Waals surface area contributed by atoms with Gasteiger partial charge in [-0.3, -0.25) is 9.59 Å². The van der Waals surface area contributed by atoms with Gasteiger partial charge >= 0.3 is 0 Å². The van der Waals surface area contributed by atoms with E-state index in [2.05, 4.69) is 16.0 Å². The van der Waals surface area contributed by atoms with E-state index in [9.17, 15) is 9.59 Å². The maximum absolute atomic E-state index is 12.2. The van der Waals surface area contributed by atoms with Gasteiger partial charge < -0.3 is 25.4 Å². The Morgan fingerprint density at radius 1 is 1.23 bits per heavy atom. The average Bonchev–Trinajstić information content (AvgIpc) is 2.65. The summed E-state index contributed by atoms with van der Waals surface area (Å²) in [6.07, 6.45) is 3.08. The Kier molecular flexibility index (Phi) is 9.83. The molecule has 0 saturated carbocycles. The van der Waals surface area contributed by atoms with Gasteiger partial charge in [-0.2, -0.15) is 0 Å². The predicted molar refractivity (Wildman–Crippen MR) is 102 cm³/mol. The molecule has 8 heteroatoms. The summed E-state index contributed by atoms with van der Waals surface area (Å²) in [5, 5.41) is 8.84. The minimum Gasteiger partial charge on any atom is -0.493 e. The highest BCUT2D eigenvalue weighted by Crippen LogP contribution is 2.28. The zero-order chi connectivity index (χ0) is 18.1. The first-order valence-corrected chi connectivity index (χ1v) is 8.71. The number of hydrogen-bond acceptors (Lipinski definition) is 5. The highest BCUT2D eigenvalue weighted by Gasteiger charge is 2.20. The van der Waals surface area contributed by atoms with E-state index in [1.54, 1.807) is 13.2 Å². The van der Waals surface area contributed by atoms with Crippen molar-refractivity contribution in [1.29, 1.82) is 0 Å². The minimum atomic E-state index is -0.180. The van der Waals surface area contributed by atoms with Gasteiger partial charge in [0.05, 0.1) is 13.2 Å². The van der Waals surface area contributed by atoms with Crippen molar-refractivity contribution in [2.75, 3.05) is 26.8 Å². The average molecular weight is 386 g/mol. The number of carbonyl (C=O) groups excluding carboxylic acids is 2. The molecule has 1 aliphatic rings. The molecule has 2 rings (SSSR count). The monoisotopic (exact) mass is 385 g/mol. The van der Waals surface area contributed by atoms with E-state index in [1.807, 2.05) is 19.1 Å². The number of carbonyl (C=O) groups is 2. The lowest BCUT2D eigenvalue weighted by molar-refractivity contribution is -0.124. The molecule has 1 aromatic carbocycles. The first kappa shape index (κ1) is 22.1. The molecule has 0 radical (unpaired) electrons. The fourth-order valence-electron chi connectivity index (χ4n) is 2.72. The van der Waals surface area contributed by atoms with Crippen LogP contribution in [0, 0.1) is 0 Å². The normalized spacial score (nSPS) is 16.2. The zero-order valence-electron chi connectivity index (χ0n) is 15.3. The van der Waals surface area contributed by atoms with Gasteiger partial charge in [0.1, 0.15) is 0 Å². The minimum absolute atomic E-state index is 0. The van der Waals surface area contributed by atoms with Crippen LogP contribution in [0.3, 0.4) is 0 Å². The van der Waals surface area contributed by atoms with E-state index in [0.717, 1.165) is 31.4 Å². The molecule has 0 aromatic heterocycles. The van der Waals surface area contributed by atoms with Crippen LogP contribution in [0.25, 0.3) is 0 Å². The van der Waals surface area contributed by atoms with Gasteiger partial charge in [0, 0.05) is 13.1 Å². The lowest BCUT2D eigenvalue weighted by Gasteiger charge is -2.22. The van der Waals surface area contributed by atoms with Crippen molar-refractivity contribution in [3.63, 3.8) is 0 Å². The van der Waals surface area contributed by atoms with Crippen LogP contribution in [0.4, 0.5) is 0 Å². The van der Waals surface area contributed by atoms with E-state index in [-0.39, 0.29) is 36.9 Å². The molecule has 0 bridgehead atoms. The second kappa shape index (κ2) is 11.6. The first-order valence-electron chi connectivity index (χ1n) is 8.71. The fourth-order valence-corrected chi connectivity index (χ4v) is 2.72. The van der Waals surface area contributed by atoms with Crippen molar-refractivity contribution >= 4 is 24.2 Å². The second-order valence-electron chi connectivity index (χ2n) is 5.95. The summed E-state index contributed by atoms with van der Waals surface area (Å²) < 4.78 is 10.8. The Morgan fingerprint density at radius 2 is 2.04 bits per heavy atom. The van der Waals surface area contributed by atoms with Crippen molar-refractivity contribution in [3.8, 4) is 11.5 Å². The summed E-state index contributed by atoms with van der Waals surface area (Å²) in [5.74, 6) is 0.876. The van der Waals surface area contributed by atoms with Crippen molar-refractivity contribution in [2.24, 2.45) is 0 Å². The Morgan fingerprint density at radius 3 is 2.69 bits per heavy atom. The lowest BCUT2D eigenvalue weighted by atomic mass is 10.0. The van der Waals surface area contributed by atoms with Crippen molar-refractivity contribution in [3.05, 3.63) is 23.8 Å². The topological polar surface area (TPSA) is 88.7 Å². The SMILES string of the molecule is CCNC(=O)COc1ccc(CNC(=O)C2CCCCN2)cc1OC.Cl. The molecule has 1 saturated heterocycles. The number of methoxy groups -OCH3 is 1. The molecule has 26 heavy (non-hydrogen) atoms. The smallest absolute Gasteiger partial charge is 0.257 e. The molecule has 1 fully saturated rings. The number of nitrogens with one attached hydrogen (secondary N) is 3. The molecule has 2 amide bonds. The number of piperidine rings is 1. The summed E-state index contributed by atoms with van der Waals surface area (Å²) in [6, 6.07) is 5.31. The highest BCUT2D eigenvalue weighted by molar-refractivity contribution is 5.85. The summed E-state index contributed by atoms with van der Waals surface area (Å²) in [4.78, 5) is 23.6. The van der Waals surface area contributed by atoms with Crippen LogP contribution in [0.1, 0.15) is 31.7 Å². The molecule has 146 valence electrons. The number of benzene rings is 1. The summed E-state index contributed by atoms with van der Waals surface area (Å²) in [5.41, 5.74) is 0.909. The van der Waals surface area contributed by atoms with Crippen molar-refractivity contribution in [1.82, 2.24) is 16.0 Å². The Balaban J connectivity index is 0.00000338. The van der Waals surface area contributed by atoms with Crippen LogP contribution in [-0.2, 0) is 16.1 Å². The van der Waals surface area contributed by atoms with Crippen LogP contribution in [0.15, 0.2) is 18.2 Å². The maximum Gasteiger partial charge on any atom is 0.257 e. The van der Waals surface area contributed by atoms with E-state index >= 15 is 0 Å². The van der Waals surface area contributed by atoms with Gasteiger partial charge in [0.25, 0.3) is 5.91 Å². The Labute approximate surface area is 160 Å². The van der Waals surface area contributed by atoms with Gasteiger partial charge in [0.15, 0.2) is 18.1 Å². The Bertz CT molecular complexity index is 592. The molecule has 1 heterocycles. The quantitative estimate of drug-likeness (QED) is 0.629. The molecule has 1 aliphatic heterocycles.